The summed E-state index contributed by atoms with van der Waals surface area (Å²) in [6.07, 6.45) is 1.47. The average Bonchev–Trinajstić information content (AvgIpc) is 3.05. The lowest BCUT2D eigenvalue weighted by Gasteiger charge is -2.13. The number of hydrogen-bond donors (Lipinski definition) is 0. The van der Waals surface area contributed by atoms with Gasteiger partial charge >= 0.3 is 6.03 Å². The quantitative estimate of drug-likeness (QED) is 0.716. The Balaban J connectivity index is 1.90. The van der Waals surface area contributed by atoms with Crippen LogP contribution in [0.4, 0.5) is 4.79 Å². The number of pyridine rings is 1. The van der Waals surface area contributed by atoms with Crippen molar-refractivity contribution in [3.8, 4) is 0 Å². The summed E-state index contributed by atoms with van der Waals surface area (Å²) in [4.78, 5) is 29.0. The number of imide groups is 1. The Labute approximate surface area is 130 Å². The largest absolute Gasteiger partial charge is 0.351 e. The molecule has 0 spiro atoms. The molecule has 7 nitrogen and oxygen atoms in total. The summed E-state index contributed by atoms with van der Waals surface area (Å²) >= 11 is 0. The third-order valence-electron chi connectivity index (χ3n) is 3.61. The van der Waals surface area contributed by atoms with Crippen LogP contribution >= 0.6 is 0 Å². The minimum atomic E-state index is -4.26. The van der Waals surface area contributed by atoms with Gasteiger partial charge in [0.1, 0.15) is 11.3 Å². The van der Waals surface area contributed by atoms with E-state index in [0.717, 1.165) is 4.57 Å². The number of amides is 2. The molecule has 0 atom stereocenters. The second-order valence-electron chi connectivity index (χ2n) is 4.95. The Morgan fingerprint density at radius 1 is 0.957 bits per heavy atom. The van der Waals surface area contributed by atoms with Gasteiger partial charge in [-0.15, -0.1) is 4.31 Å². The van der Waals surface area contributed by atoms with Crippen LogP contribution in [0, 0.1) is 0 Å². The third kappa shape index (κ3) is 1.75. The molecule has 1 aliphatic heterocycles. The van der Waals surface area contributed by atoms with Crippen LogP contribution in [0.1, 0.15) is 10.5 Å². The van der Waals surface area contributed by atoms with Gasteiger partial charge < -0.3 is 0 Å². The first kappa shape index (κ1) is 13.6. The number of carbonyl (C=O) groups excluding carboxylic acids is 2. The number of aromatic nitrogens is 2. The summed E-state index contributed by atoms with van der Waals surface area (Å²) in [5, 5.41) is 0.598. The van der Waals surface area contributed by atoms with E-state index in [1.807, 2.05) is 0 Å². The maximum atomic E-state index is 12.6. The molecule has 0 saturated heterocycles. The maximum absolute atomic E-state index is 12.6. The van der Waals surface area contributed by atoms with Gasteiger partial charge in [-0.1, -0.05) is 18.2 Å². The van der Waals surface area contributed by atoms with Crippen LogP contribution in [-0.2, 0) is 10.0 Å². The minimum absolute atomic E-state index is 0.0109. The van der Waals surface area contributed by atoms with Gasteiger partial charge in [0.25, 0.3) is 15.9 Å². The van der Waals surface area contributed by atoms with Gasteiger partial charge in [0.15, 0.2) is 0 Å². The van der Waals surface area contributed by atoms with Crippen molar-refractivity contribution >= 4 is 33.0 Å². The second kappa shape index (κ2) is 4.50. The van der Waals surface area contributed by atoms with Crippen molar-refractivity contribution in [3.63, 3.8) is 0 Å². The highest BCUT2D eigenvalue weighted by atomic mass is 32.2. The van der Waals surface area contributed by atoms with E-state index >= 15 is 0 Å². The van der Waals surface area contributed by atoms with Crippen molar-refractivity contribution in [2.24, 2.45) is 0 Å². The molecular formula is C15H9N3O4S. The summed E-state index contributed by atoms with van der Waals surface area (Å²) in [5.41, 5.74) is 0.245. The van der Waals surface area contributed by atoms with E-state index in [0.29, 0.717) is 5.39 Å². The molecule has 8 heteroatoms. The molecule has 2 aromatic heterocycles. The zero-order valence-electron chi connectivity index (χ0n) is 11.6. The molecule has 2 amide bonds. The Hall–Kier alpha value is -3.00. The van der Waals surface area contributed by atoms with E-state index in [9.17, 15) is 18.0 Å². The van der Waals surface area contributed by atoms with Crippen LogP contribution in [-0.4, -0.2) is 34.2 Å². The van der Waals surface area contributed by atoms with E-state index in [4.69, 9.17) is 0 Å². The molecule has 3 aromatic rings. The van der Waals surface area contributed by atoms with Gasteiger partial charge in [0, 0.05) is 11.6 Å². The molecule has 23 heavy (non-hydrogen) atoms. The topological polar surface area (TPSA) is 89.3 Å². The van der Waals surface area contributed by atoms with Crippen molar-refractivity contribution in [2.75, 3.05) is 0 Å². The lowest BCUT2D eigenvalue weighted by molar-refractivity contribution is 0.0907. The molecule has 0 unspecified atom stereocenters. The second-order valence-corrected chi connectivity index (χ2v) is 6.74. The van der Waals surface area contributed by atoms with Crippen molar-refractivity contribution in [2.45, 2.75) is 4.90 Å². The number of carbonyl (C=O) groups is 2. The zero-order valence-corrected chi connectivity index (χ0v) is 12.4. The number of rotatable bonds is 2. The van der Waals surface area contributed by atoms with Gasteiger partial charge in [0.2, 0.25) is 0 Å². The van der Waals surface area contributed by atoms with E-state index in [-0.39, 0.29) is 20.5 Å². The molecule has 0 radical (unpaired) electrons. The number of nitrogens with zero attached hydrogens (tertiary/aromatic N) is 3. The van der Waals surface area contributed by atoms with Crippen LogP contribution < -0.4 is 0 Å². The van der Waals surface area contributed by atoms with Gasteiger partial charge in [-0.3, -0.25) is 4.79 Å². The fourth-order valence-corrected chi connectivity index (χ4v) is 3.89. The highest BCUT2D eigenvalue weighted by Crippen LogP contribution is 2.29. The number of benzene rings is 1. The monoisotopic (exact) mass is 327 g/mol. The first-order chi connectivity index (χ1) is 11.0. The standard InChI is InChI=1S/C15H9N3O4S/c19-14-12-9-10-5-4-8-16-13(10)17(12)15(20)18(14)23(21,22)11-6-2-1-3-7-11/h1-9H. The summed E-state index contributed by atoms with van der Waals surface area (Å²) < 4.78 is 26.5. The zero-order chi connectivity index (χ0) is 16.2. The summed E-state index contributed by atoms with van der Waals surface area (Å²) in [7, 11) is -4.26. The average molecular weight is 327 g/mol. The van der Waals surface area contributed by atoms with Gasteiger partial charge in [-0.25, -0.2) is 22.8 Å². The highest BCUT2D eigenvalue weighted by molar-refractivity contribution is 7.90. The molecule has 0 aliphatic carbocycles. The van der Waals surface area contributed by atoms with Crippen molar-refractivity contribution in [3.05, 3.63) is 60.4 Å². The molecule has 0 fully saturated rings. The smallest absolute Gasteiger partial charge is 0.266 e. The fraction of sp³-hybridized carbons (Fsp3) is 0. The first-order valence-electron chi connectivity index (χ1n) is 6.67. The summed E-state index contributed by atoms with van der Waals surface area (Å²) in [6, 6.07) is 11.2. The van der Waals surface area contributed by atoms with Gasteiger partial charge in [-0.05, 0) is 30.3 Å². The SMILES string of the molecule is O=C1c2cc3cccnc3n2C(=O)N1S(=O)(=O)c1ccccc1. The fourth-order valence-electron chi connectivity index (χ4n) is 2.58. The molecule has 3 heterocycles. The molecule has 1 aliphatic rings. The van der Waals surface area contributed by atoms with Crippen LogP contribution in [0.2, 0.25) is 0 Å². The summed E-state index contributed by atoms with van der Waals surface area (Å²) in [5.74, 6) is -0.878. The molecular weight excluding hydrogens is 318 g/mol. The van der Waals surface area contributed by atoms with Gasteiger partial charge in [-0.2, -0.15) is 0 Å². The van der Waals surface area contributed by atoms with Crippen LogP contribution in [0.15, 0.2) is 59.6 Å². The number of fused-ring (bicyclic) bond motifs is 3. The Bertz CT molecular complexity index is 1070. The molecule has 1 aromatic carbocycles. The van der Waals surface area contributed by atoms with E-state index in [1.165, 1.54) is 36.5 Å². The third-order valence-corrected chi connectivity index (χ3v) is 5.28. The molecule has 0 N–H and O–H groups in total. The predicted octanol–water partition coefficient (Wildman–Crippen LogP) is 1.85. The Morgan fingerprint density at radius 2 is 1.70 bits per heavy atom. The van der Waals surface area contributed by atoms with Crippen LogP contribution in [0.5, 0.6) is 0 Å². The highest BCUT2D eigenvalue weighted by Gasteiger charge is 2.45. The van der Waals surface area contributed by atoms with Crippen LogP contribution in [0.3, 0.4) is 0 Å². The van der Waals surface area contributed by atoms with Crippen molar-refractivity contribution < 1.29 is 18.0 Å². The number of sulfonamides is 1. The number of hydrogen-bond acceptors (Lipinski definition) is 5. The molecule has 4 rings (SSSR count). The minimum Gasteiger partial charge on any atom is -0.266 e. The first-order valence-corrected chi connectivity index (χ1v) is 8.11. The van der Waals surface area contributed by atoms with Crippen molar-refractivity contribution in [1.82, 2.24) is 13.9 Å². The van der Waals surface area contributed by atoms with Crippen LogP contribution in [0.25, 0.3) is 11.0 Å². The van der Waals surface area contributed by atoms with E-state index in [2.05, 4.69) is 4.98 Å². The Morgan fingerprint density at radius 3 is 2.43 bits per heavy atom. The molecule has 0 bridgehead atoms. The van der Waals surface area contributed by atoms with E-state index in [1.54, 1.807) is 18.2 Å². The normalized spacial score (nSPS) is 14.5. The van der Waals surface area contributed by atoms with Crippen molar-refractivity contribution in [1.29, 1.82) is 0 Å². The molecule has 114 valence electrons. The predicted molar refractivity (Wildman–Crippen MR) is 80.3 cm³/mol. The lowest BCUT2D eigenvalue weighted by atomic mass is 10.3. The Kier molecular flexibility index (Phi) is 2.67. The molecule has 0 saturated carbocycles. The van der Waals surface area contributed by atoms with Gasteiger partial charge in [0.05, 0.1) is 4.90 Å². The lowest BCUT2D eigenvalue weighted by Crippen LogP contribution is -2.37. The maximum Gasteiger partial charge on any atom is 0.351 e. The van der Waals surface area contributed by atoms with E-state index < -0.39 is 22.0 Å². The summed E-state index contributed by atoms with van der Waals surface area (Å²) in [6.45, 7) is 0.